The number of ether oxygens (including phenoxy) is 4. The van der Waals surface area contributed by atoms with Crippen molar-refractivity contribution in [2.45, 2.75) is 88.2 Å². The summed E-state index contributed by atoms with van der Waals surface area (Å²) in [6, 6.07) is -2.48. The Bertz CT molecular complexity index is 652. The van der Waals surface area contributed by atoms with Crippen LogP contribution < -0.4 is 10.6 Å². The van der Waals surface area contributed by atoms with Crippen molar-refractivity contribution in [3.05, 3.63) is 0 Å². The third-order valence-corrected chi connectivity index (χ3v) is 5.27. The van der Waals surface area contributed by atoms with Crippen LogP contribution in [0.25, 0.3) is 0 Å². The molecule has 0 aromatic rings. The van der Waals surface area contributed by atoms with Gasteiger partial charge in [0.15, 0.2) is 12.6 Å². The van der Waals surface area contributed by atoms with Crippen molar-refractivity contribution in [2.24, 2.45) is 0 Å². The highest BCUT2D eigenvalue weighted by Crippen LogP contribution is 2.29. The highest BCUT2D eigenvalue weighted by atomic mass is 16.7. The summed E-state index contributed by atoms with van der Waals surface area (Å²) in [6.07, 6.45) is -12.1. The zero-order chi connectivity index (χ0) is 24.9. The number of carbonyl (C=O) groups is 2. The third-order valence-electron chi connectivity index (χ3n) is 5.27. The fourth-order valence-electron chi connectivity index (χ4n) is 3.74. The van der Waals surface area contributed by atoms with E-state index in [2.05, 4.69) is 10.6 Å². The number of hydrogen-bond donors (Lipinski definition) is 8. The first-order chi connectivity index (χ1) is 15.5. The Morgan fingerprint density at radius 1 is 0.879 bits per heavy atom. The molecule has 14 nitrogen and oxygen atoms in total. The molecular formula is C19H34N2O12. The fraction of sp³-hybridized carbons (Fsp3) is 0.895. The second-order valence-corrected chi connectivity index (χ2v) is 8.16. The van der Waals surface area contributed by atoms with Gasteiger partial charge in [-0.25, -0.2) is 0 Å². The summed E-state index contributed by atoms with van der Waals surface area (Å²) in [5.41, 5.74) is 0. The molecule has 192 valence electrons. The maximum absolute atomic E-state index is 11.7. The first-order valence-electron chi connectivity index (χ1n) is 10.6. The zero-order valence-electron chi connectivity index (χ0n) is 18.6. The van der Waals surface area contributed by atoms with Crippen LogP contribution in [-0.2, 0) is 28.5 Å². The van der Waals surface area contributed by atoms with E-state index in [9.17, 15) is 40.2 Å². The average Bonchev–Trinajstić information content (AvgIpc) is 2.74. The SMILES string of the molecule is CC(=O)N[C@H]1[C@H](OC[C@@H](C)O)O[C@H](CO)[C@@H](O[C@@H]2O[C@H](CO)[C@@H](O)[C@H](O)[C@H]2NC(C)=O)[C@@H]1O. The van der Waals surface area contributed by atoms with Crippen LogP contribution in [0.15, 0.2) is 0 Å². The molecule has 8 N–H and O–H groups in total. The van der Waals surface area contributed by atoms with Gasteiger partial charge in [0.2, 0.25) is 11.8 Å². The van der Waals surface area contributed by atoms with Crippen molar-refractivity contribution >= 4 is 11.8 Å². The molecule has 14 heteroatoms. The Hall–Kier alpha value is -1.46. The minimum Gasteiger partial charge on any atom is -0.394 e. The van der Waals surface area contributed by atoms with Gasteiger partial charge in [-0.1, -0.05) is 0 Å². The molecule has 0 saturated carbocycles. The molecule has 0 aliphatic carbocycles. The molecule has 11 atom stereocenters. The van der Waals surface area contributed by atoms with Gasteiger partial charge in [-0.3, -0.25) is 9.59 Å². The number of amides is 2. The molecule has 0 aromatic carbocycles. The number of nitrogens with one attached hydrogen (secondary N) is 2. The molecule has 0 spiro atoms. The van der Waals surface area contributed by atoms with Crippen molar-refractivity contribution in [1.29, 1.82) is 0 Å². The van der Waals surface area contributed by atoms with Crippen LogP contribution in [0, 0.1) is 0 Å². The molecule has 2 heterocycles. The number of aliphatic hydroxyl groups is 6. The Balaban J connectivity index is 2.29. The van der Waals surface area contributed by atoms with Gasteiger partial charge >= 0.3 is 0 Å². The molecule has 2 rings (SSSR count). The summed E-state index contributed by atoms with van der Waals surface area (Å²) in [6.45, 7) is 2.31. The molecule has 0 bridgehead atoms. The van der Waals surface area contributed by atoms with E-state index in [1.54, 1.807) is 0 Å². The normalized spacial score (nSPS) is 40.2. The third kappa shape index (κ3) is 7.02. The van der Waals surface area contributed by atoms with Crippen LogP contribution in [-0.4, -0.2) is 130 Å². The van der Waals surface area contributed by atoms with Gasteiger partial charge in [0.25, 0.3) is 0 Å². The van der Waals surface area contributed by atoms with E-state index in [1.807, 2.05) is 0 Å². The van der Waals surface area contributed by atoms with Crippen molar-refractivity contribution in [1.82, 2.24) is 10.6 Å². The topological polar surface area (TPSA) is 216 Å². The average molecular weight is 482 g/mol. The Morgan fingerprint density at radius 2 is 1.39 bits per heavy atom. The number of carbonyl (C=O) groups excluding carboxylic acids is 2. The molecule has 2 fully saturated rings. The summed E-state index contributed by atoms with van der Waals surface area (Å²) in [7, 11) is 0. The van der Waals surface area contributed by atoms with Crippen LogP contribution >= 0.6 is 0 Å². The van der Waals surface area contributed by atoms with Gasteiger partial charge < -0.3 is 60.2 Å². The van der Waals surface area contributed by atoms with Crippen LogP contribution in [0.2, 0.25) is 0 Å². The van der Waals surface area contributed by atoms with Crippen molar-refractivity contribution in [3.8, 4) is 0 Å². The molecule has 2 amide bonds. The molecule has 2 saturated heterocycles. The lowest BCUT2D eigenvalue weighted by molar-refractivity contribution is -0.333. The number of rotatable bonds is 9. The lowest BCUT2D eigenvalue weighted by Gasteiger charge is -2.48. The van der Waals surface area contributed by atoms with Gasteiger partial charge in [-0.2, -0.15) is 0 Å². The number of aliphatic hydroxyl groups excluding tert-OH is 6. The minimum absolute atomic E-state index is 0.185. The summed E-state index contributed by atoms with van der Waals surface area (Å²) in [5.74, 6) is -1.11. The quantitative estimate of drug-likeness (QED) is 0.155. The second-order valence-electron chi connectivity index (χ2n) is 8.16. The van der Waals surface area contributed by atoms with Crippen molar-refractivity contribution < 1.29 is 59.2 Å². The Labute approximate surface area is 190 Å². The van der Waals surface area contributed by atoms with E-state index in [0.29, 0.717) is 0 Å². The molecular weight excluding hydrogens is 448 g/mol. The first kappa shape index (κ1) is 27.8. The van der Waals surface area contributed by atoms with Gasteiger partial charge in [0.05, 0.1) is 25.9 Å². The van der Waals surface area contributed by atoms with Crippen LogP contribution in [0.1, 0.15) is 20.8 Å². The van der Waals surface area contributed by atoms with E-state index >= 15 is 0 Å². The lowest BCUT2D eigenvalue weighted by Crippen LogP contribution is -2.69. The molecule has 0 aromatic heterocycles. The van der Waals surface area contributed by atoms with E-state index in [-0.39, 0.29) is 6.61 Å². The summed E-state index contributed by atoms with van der Waals surface area (Å²) < 4.78 is 22.4. The van der Waals surface area contributed by atoms with Crippen molar-refractivity contribution in [3.63, 3.8) is 0 Å². The molecule has 33 heavy (non-hydrogen) atoms. The summed E-state index contributed by atoms with van der Waals surface area (Å²) in [4.78, 5) is 23.3. The van der Waals surface area contributed by atoms with E-state index in [1.165, 1.54) is 20.8 Å². The Kier molecular flexibility index (Phi) is 10.4. The second kappa shape index (κ2) is 12.3. The highest BCUT2D eigenvalue weighted by molar-refractivity contribution is 5.73. The standard InChI is InChI=1S/C19H34N2O12/c1-7(24)6-30-18-13(21-9(3)26)16(29)17(11(5-23)32-18)33-19-12(20-8(2)25)15(28)14(27)10(4-22)31-19/h7,10-19,22-24,27-29H,4-6H2,1-3H3,(H,20,25)(H,21,26)/t7-,10-,11-,12-,13-,14-,15-,16-,17-,18-,19+/m1/s1. The summed E-state index contributed by atoms with van der Waals surface area (Å²) >= 11 is 0. The fourth-order valence-corrected chi connectivity index (χ4v) is 3.74. The molecule has 2 aliphatic rings. The van der Waals surface area contributed by atoms with E-state index < -0.39 is 92.4 Å². The Morgan fingerprint density at radius 3 is 1.88 bits per heavy atom. The minimum atomic E-state index is -1.59. The molecule has 0 radical (unpaired) electrons. The van der Waals surface area contributed by atoms with Crippen LogP contribution in [0.5, 0.6) is 0 Å². The van der Waals surface area contributed by atoms with E-state index in [0.717, 1.165) is 0 Å². The van der Waals surface area contributed by atoms with E-state index in [4.69, 9.17) is 18.9 Å². The number of hydrogen-bond acceptors (Lipinski definition) is 12. The van der Waals surface area contributed by atoms with Crippen molar-refractivity contribution in [2.75, 3.05) is 19.8 Å². The molecule has 0 unspecified atom stereocenters. The predicted octanol–water partition coefficient (Wildman–Crippen LogP) is -4.70. The van der Waals surface area contributed by atoms with Gasteiger partial charge in [-0.05, 0) is 6.92 Å². The largest absolute Gasteiger partial charge is 0.394 e. The maximum Gasteiger partial charge on any atom is 0.217 e. The molecule has 2 aliphatic heterocycles. The maximum atomic E-state index is 11.7. The summed E-state index contributed by atoms with van der Waals surface area (Å²) in [5, 5.41) is 65.2. The van der Waals surface area contributed by atoms with Gasteiger partial charge in [-0.15, -0.1) is 0 Å². The zero-order valence-corrected chi connectivity index (χ0v) is 18.6. The van der Waals surface area contributed by atoms with Gasteiger partial charge in [0, 0.05) is 13.8 Å². The monoisotopic (exact) mass is 482 g/mol. The van der Waals surface area contributed by atoms with Crippen LogP contribution in [0.3, 0.4) is 0 Å². The smallest absolute Gasteiger partial charge is 0.217 e. The highest BCUT2D eigenvalue weighted by Gasteiger charge is 2.51. The van der Waals surface area contributed by atoms with Gasteiger partial charge in [0.1, 0.15) is 48.7 Å². The first-order valence-corrected chi connectivity index (χ1v) is 10.6. The lowest BCUT2D eigenvalue weighted by atomic mass is 9.94. The van der Waals surface area contributed by atoms with Crippen LogP contribution in [0.4, 0.5) is 0 Å². The predicted molar refractivity (Wildman–Crippen MR) is 107 cm³/mol.